The summed E-state index contributed by atoms with van der Waals surface area (Å²) in [5, 5.41) is 5.20. The Morgan fingerprint density at radius 3 is 2.55 bits per heavy atom. The minimum atomic E-state index is -0.776. The molecule has 0 fully saturated rings. The van der Waals surface area contributed by atoms with Crippen LogP contribution in [0.4, 0.5) is 11.4 Å². The van der Waals surface area contributed by atoms with Crippen molar-refractivity contribution in [1.82, 2.24) is 5.32 Å². The van der Waals surface area contributed by atoms with Crippen LogP contribution >= 0.6 is 0 Å². The van der Waals surface area contributed by atoms with Gasteiger partial charge in [-0.2, -0.15) is 0 Å². The summed E-state index contributed by atoms with van der Waals surface area (Å²) in [6.45, 7) is 0.787. The largest absolute Gasteiger partial charge is 0.493 e. The van der Waals surface area contributed by atoms with Crippen molar-refractivity contribution in [2.24, 2.45) is 0 Å². The SMILES string of the molecule is COc1ccc(C(=O)NCC(=O)OCC(=O)N2c3ccccc3NC(=O)CC2C)cc1OC. The van der Waals surface area contributed by atoms with Gasteiger partial charge in [0.25, 0.3) is 11.8 Å². The Hall–Kier alpha value is -4.08. The number of hydrogen-bond donors (Lipinski definition) is 2. The van der Waals surface area contributed by atoms with Crippen molar-refractivity contribution in [3.05, 3.63) is 48.0 Å². The van der Waals surface area contributed by atoms with Gasteiger partial charge in [0.1, 0.15) is 6.54 Å². The summed E-state index contributed by atoms with van der Waals surface area (Å²) in [6.07, 6.45) is 0.107. The zero-order valence-corrected chi connectivity index (χ0v) is 18.5. The lowest BCUT2D eigenvalue weighted by Gasteiger charge is -2.27. The Kier molecular flexibility index (Phi) is 7.50. The average Bonchev–Trinajstić information content (AvgIpc) is 2.94. The number of fused-ring (bicyclic) bond motifs is 1. The third-order valence-corrected chi connectivity index (χ3v) is 5.02. The molecular formula is C23H25N3O7. The molecular weight excluding hydrogens is 430 g/mol. The van der Waals surface area contributed by atoms with Crippen molar-refractivity contribution >= 4 is 35.1 Å². The number of nitrogens with one attached hydrogen (secondary N) is 2. The van der Waals surface area contributed by atoms with Crippen LogP contribution in [-0.2, 0) is 19.1 Å². The molecule has 0 bridgehead atoms. The first kappa shape index (κ1) is 23.6. The maximum absolute atomic E-state index is 12.8. The number of methoxy groups -OCH3 is 2. The number of carbonyl (C=O) groups is 4. The molecule has 3 rings (SSSR count). The van der Waals surface area contributed by atoms with Gasteiger partial charge in [-0.25, -0.2) is 0 Å². The summed E-state index contributed by atoms with van der Waals surface area (Å²) >= 11 is 0. The first-order valence-corrected chi connectivity index (χ1v) is 10.2. The summed E-state index contributed by atoms with van der Waals surface area (Å²) in [5.41, 5.74) is 1.30. The Balaban J connectivity index is 1.57. The number of carbonyl (C=O) groups excluding carboxylic acids is 4. The number of ether oxygens (including phenoxy) is 3. The number of anilines is 2. The molecule has 2 N–H and O–H groups in total. The van der Waals surface area contributed by atoms with Gasteiger partial charge in [0.2, 0.25) is 5.91 Å². The second kappa shape index (κ2) is 10.5. The van der Waals surface area contributed by atoms with E-state index in [0.717, 1.165) is 0 Å². The van der Waals surface area contributed by atoms with E-state index in [1.807, 2.05) is 0 Å². The van der Waals surface area contributed by atoms with E-state index in [1.165, 1.54) is 31.3 Å². The molecule has 2 aromatic rings. The lowest BCUT2D eigenvalue weighted by Crippen LogP contribution is -2.42. The van der Waals surface area contributed by atoms with E-state index >= 15 is 0 Å². The Bertz CT molecular complexity index is 1070. The summed E-state index contributed by atoms with van der Waals surface area (Å²) in [5.74, 6) is -1.14. The van der Waals surface area contributed by atoms with E-state index in [-0.39, 0.29) is 17.9 Å². The van der Waals surface area contributed by atoms with Gasteiger partial charge in [0, 0.05) is 18.0 Å². The maximum Gasteiger partial charge on any atom is 0.325 e. The van der Waals surface area contributed by atoms with Crippen molar-refractivity contribution in [3.8, 4) is 11.5 Å². The van der Waals surface area contributed by atoms with Crippen LogP contribution in [-0.4, -0.2) is 57.1 Å². The molecule has 0 spiro atoms. The molecule has 1 aliphatic heterocycles. The monoisotopic (exact) mass is 455 g/mol. The molecule has 10 nitrogen and oxygen atoms in total. The van der Waals surface area contributed by atoms with Crippen LogP contribution < -0.4 is 25.0 Å². The van der Waals surface area contributed by atoms with Gasteiger partial charge < -0.3 is 29.7 Å². The summed E-state index contributed by atoms with van der Waals surface area (Å²) < 4.78 is 15.3. The number of esters is 1. The summed E-state index contributed by atoms with van der Waals surface area (Å²) in [4.78, 5) is 50.7. The predicted octanol–water partition coefficient (Wildman–Crippen LogP) is 1.74. The molecule has 1 aliphatic rings. The third-order valence-electron chi connectivity index (χ3n) is 5.02. The van der Waals surface area contributed by atoms with Crippen molar-refractivity contribution < 1.29 is 33.4 Å². The molecule has 0 aliphatic carbocycles. The lowest BCUT2D eigenvalue weighted by molar-refractivity contribution is -0.146. The number of rotatable bonds is 7. The van der Waals surface area contributed by atoms with Gasteiger partial charge >= 0.3 is 5.97 Å². The Morgan fingerprint density at radius 1 is 1.09 bits per heavy atom. The fraction of sp³-hybridized carbons (Fsp3) is 0.304. The molecule has 1 unspecified atom stereocenters. The maximum atomic E-state index is 12.8. The second-order valence-electron chi connectivity index (χ2n) is 7.30. The van der Waals surface area contributed by atoms with Crippen LogP contribution in [0.3, 0.4) is 0 Å². The van der Waals surface area contributed by atoms with E-state index in [0.29, 0.717) is 22.9 Å². The smallest absolute Gasteiger partial charge is 0.325 e. The number of para-hydroxylation sites is 2. The Morgan fingerprint density at radius 2 is 1.82 bits per heavy atom. The normalized spacial score (nSPS) is 14.9. The van der Waals surface area contributed by atoms with Gasteiger partial charge in [-0.1, -0.05) is 12.1 Å². The highest BCUT2D eigenvalue weighted by atomic mass is 16.5. The highest BCUT2D eigenvalue weighted by Crippen LogP contribution is 2.31. The third kappa shape index (κ3) is 5.59. The highest BCUT2D eigenvalue weighted by molar-refractivity contribution is 6.05. The summed E-state index contributed by atoms with van der Waals surface area (Å²) in [6, 6.07) is 11.1. The van der Waals surface area contributed by atoms with E-state index in [2.05, 4.69) is 10.6 Å². The zero-order valence-electron chi connectivity index (χ0n) is 18.5. The molecule has 3 amide bonds. The number of amides is 3. The van der Waals surface area contributed by atoms with Gasteiger partial charge in [-0.15, -0.1) is 0 Å². The highest BCUT2D eigenvalue weighted by Gasteiger charge is 2.30. The molecule has 0 aromatic heterocycles. The topological polar surface area (TPSA) is 123 Å². The average molecular weight is 455 g/mol. The van der Waals surface area contributed by atoms with Crippen molar-refractivity contribution in [1.29, 1.82) is 0 Å². The minimum absolute atomic E-state index is 0.107. The number of hydrogen-bond acceptors (Lipinski definition) is 7. The second-order valence-corrected chi connectivity index (χ2v) is 7.30. The summed E-state index contributed by atoms with van der Waals surface area (Å²) in [7, 11) is 2.93. The zero-order chi connectivity index (χ0) is 24.0. The van der Waals surface area contributed by atoms with Gasteiger partial charge in [-0.05, 0) is 37.3 Å². The van der Waals surface area contributed by atoms with E-state index in [4.69, 9.17) is 14.2 Å². The van der Waals surface area contributed by atoms with Crippen LogP contribution in [0, 0.1) is 0 Å². The first-order chi connectivity index (χ1) is 15.8. The molecule has 2 aromatic carbocycles. The Labute approximate surface area is 190 Å². The van der Waals surface area contributed by atoms with Crippen LogP contribution in [0.1, 0.15) is 23.7 Å². The van der Waals surface area contributed by atoms with Crippen molar-refractivity contribution in [3.63, 3.8) is 0 Å². The van der Waals surface area contributed by atoms with E-state index < -0.39 is 37.0 Å². The molecule has 33 heavy (non-hydrogen) atoms. The minimum Gasteiger partial charge on any atom is -0.493 e. The lowest BCUT2D eigenvalue weighted by atomic mass is 10.1. The van der Waals surface area contributed by atoms with Crippen molar-refractivity contribution in [2.45, 2.75) is 19.4 Å². The van der Waals surface area contributed by atoms with Gasteiger partial charge in [0.05, 0.1) is 25.6 Å². The van der Waals surface area contributed by atoms with Gasteiger partial charge in [0.15, 0.2) is 18.1 Å². The van der Waals surface area contributed by atoms with Crippen LogP contribution in [0.25, 0.3) is 0 Å². The molecule has 10 heteroatoms. The first-order valence-electron chi connectivity index (χ1n) is 10.2. The van der Waals surface area contributed by atoms with Gasteiger partial charge in [-0.3, -0.25) is 19.2 Å². The van der Waals surface area contributed by atoms with E-state index in [9.17, 15) is 19.2 Å². The standard InChI is InChI=1S/C23H25N3O7/c1-14-10-20(27)25-16-6-4-5-7-17(16)26(14)21(28)13-33-22(29)12-24-23(30)15-8-9-18(31-2)19(11-15)32-3/h4-9,11,14H,10,12-13H2,1-3H3,(H,24,30)(H,25,27). The molecule has 1 atom stereocenters. The van der Waals surface area contributed by atoms with Crippen LogP contribution in [0.15, 0.2) is 42.5 Å². The fourth-order valence-electron chi connectivity index (χ4n) is 3.46. The molecule has 0 radical (unpaired) electrons. The predicted molar refractivity (Wildman–Crippen MR) is 119 cm³/mol. The molecule has 0 saturated heterocycles. The number of benzene rings is 2. The van der Waals surface area contributed by atoms with Crippen LogP contribution in [0.5, 0.6) is 11.5 Å². The fourth-order valence-corrected chi connectivity index (χ4v) is 3.46. The van der Waals surface area contributed by atoms with E-state index in [1.54, 1.807) is 37.3 Å². The number of nitrogens with zero attached hydrogens (tertiary/aromatic N) is 1. The molecule has 174 valence electrons. The van der Waals surface area contributed by atoms with Crippen molar-refractivity contribution in [2.75, 3.05) is 37.6 Å². The van der Waals surface area contributed by atoms with Crippen LogP contribution in [0.2, 0.25) is 0 Å². The molecule has 1 heterocycles. The quantitative estimate of drug-likeness (QED) is 0.610. The molecule has 0 saturated carbocycles.